The molecule has 1 aromatic rings. The first kappa shape index (κ1) is 18.0. The van der Waals surface area contributed by atoms with Crippen molar-refractivity contribution in [1.29, 1.82) is 0 Å². The van der Waals surface area contributed by atoms with Crippen LogP contribution in [0.5, 0.6) is 5.75 Å². The van der Waals surface area contributed by atoms with Gasteiger partial charge in [-0.3, -0.25) is 14.3 Å². The first-order valence-electron chi connectivity index (χ1n) is 6.60. The summed E-state index contributed by atoms with van der Waals surface area (Å²) >= 11 is 0. The lowest BCUT2D eigenvalue weighted by atomic mass is 10.0. The van der Waals surface area contributed by atoms with Crippen LogP contribution in [0.1, 0.15) is 24.2 Å². The fourth-order valence-electron chi connectivity index (χ4n) is 1.75. The van der Waals surface area contributed by atoms with E-state index in [4.69, 9.17) is 4.74 Å². The lowest BCUT2D eigenvalue weighted by molar-refractivity contribution is -0.122. The smallest absolute Gasteiger partial charge is 0.256 e. The summed E-state index contributed by atoms with van der Waals surface area (Å²) in [5.74, 6) is -0.903. The van der Waals surface area contributed by atoms with E-state index in [-0.39, 0.29) is 5.92 Å². The first-order chi connectivity index (χ1) is 10.1. The van der Waals surface area contributed by atoms with Crippen molar-refractivity contribution in [2.75, 3.05) is 13.4 Å². The van der Waals surface area contributed by atoms with Crippen LogP contribution in [-0.4, -0.2) is 39.6 Å². The van der Waals surface area contributed by atoms with E-state index in [1.165, 1.54) is 7.11 Å². The molecule has 0 saturated carbocycles. The highest BCUT2D eigenvalue weighted by Gasteiger charge is 2.26. The molecule has 122 valence electrons. The number of sulfonamides is 1. The summed E-state index contributed by atoms with van der Waals surface area (Å²) in [6, 6.07) is 5.40. The van der Waals surface area contributed by atoms with Gasteiger partial charge in [0.15, 0.2) is 0 Å². The number of rotatable bonds is 6. The van der Waals surface area contributed by atoms with Crippen molar-refractivity contribution in [3.05, 3.63) is 29.8 Å². The summed E-state index contributed by atoms with van der Waals surface area (Å²) in [6.45, 7) is 3.42. The molecule has 0 aliphatic carbocycles. The van der Waals surface area contributed by atoms with Gasteiger partial charge in [0.05, 0.1) is 13.4 Å². The molecule has 0 aliphatic rings. The number of hydrogen-bond donors (Lipinski definition) is 2. The summed E-state index contributed by atoms with van der Waals surface area (Å²) in [5, 5.41) is 2.54. The van der Waals surface area contributed by atoms with Crippen molar-refractivity contribution >= 4 is 21.8 Å². The number of ether oxygens (including phenoxy) is 1. The number of nitrogens with one attached hydrogen (secondary N) is 2. The van der Waals surface area contributed by atoms with Gasteiger partial charge in [0.1, 0.15) is 11.8 Å². The van der Waals surface area contributed by atoms with Gasteiger partial charge in [0.25, 0.3) is 11.8 Å². The Bertz CT molecular complexity index is 638. The lowest BCUT2D eigenvalue weighted by Crippen LogP contribution is -2.50. The largest absolute Gasteiger partial charge is 0.497 e. The highest BCUT2D eigenvalue weighted by atomic mass is 32.2. The summed E-state index contributed by atoms with van der Waals surface area (Å²) in [5.41, 5.74) is 0.346. The number of benzene rings is 1. The van der Waals surface area contributed by atoms with Crippen LogP contribution >= 0.6 is 0 Å². The maximum atomic E-state index is 12.1. The van der Waals surface area contributed by atoms with E-state index in [0.717, 1.165) is 6.26 Å². The molecular formula is C14H20N2O5S. The summed E-state index contributed by atoms with van der Waals surface area (Å²) in [7, 11) is -2.17. The van der Waals surface area contributed by atoms with E-state index in [0.29, 0.717) is 11.3 Å². The standard InChI is InChI=1S/C14H20N2O5S/c1-9(2)12(14(18)16-22(4,19)20)15-13(17)10-5-7-11(21-3)8-6-10/h5-9,12H,1-4H3,(H,15,17)(H,16,18). The molecule has 1 rings (SSSR count). The van der Waals surface area contributed by atoms with Crippen molar-refractivity contribution < 1.29 is 22.7 Å². The Kier molecular flexibility index (Phi) is 5.92. The fourth-order valence-corrected chi connectivity index (χ4v) is 2.24. The van der Waals surface area contributed by atoms with Crippen molar-refractivity contribution in [1.82, 2.24) is 10.0 Å². The van der Waals surface area contributed by atoms with Crippen molar-refractivity contribution in [2.45, 2.75) is 19.9 Å². The number of hydrogen-bond acceptors (Lipinski definition) is 5. The summed E-state index contributed by atoms with van der Waals surface area (Å²) < 4.78 is 29.1. The molecule has 0 saturated heterocycles. The fraction of sp³-hybridized carbons (Fsp3) is 0.429. The quantitative estimate of drug-likeness (QED) is 0.793. The van der Waals surface area contributed by atoms with Gasteiger partial charge >= 0.3 is 0 Å². The Morgan fingerprint density at radius 3 is 2.09 bits per heavy atom. The Balaban J connectivity index is 2.85. The van der Waals surface area contributed by atoms with E-state index in [9.17, 15) is 18.0 Å². The molecule has 22 heavy (non-hydrogen) atoms. The van der Waals surface area contributed by atoms with E-state index in [1.807, 2.05) is 4.72 Å². The molecule has 0 aliphatic heterocycles. The zero-order valence-corrected chi connectivity index (χ0v) is 13.7. The molecule has 1 aromatic carbocycles. The second-order valence-electron chi connectivity index (χ2n) is 5.16. The van der Waals surface area contributed by atoms with Crippen molar-refractivity contribution in [3.63, 3.8) is 0 Å². The van der Waals surface area contributed by atoms with Gasteiger partial charge in [0, 0.05) is 5.56 Å². The molecule has 0 radical (unpaired) electrons. The zero-order valence-electron chi connectivity index (χ0n) is 12.9. The molecule has 1 atom stereocenters. The molecular weight excluding hydrogens is 308 g/mol. The van der Waals surface area contributed by atoms with E-state index in [1.54, 1.807) is 38.1 Å². The number of carbonyl (C=O) groups excluding carboxylic acids is 2. The van der Waals surface area contributed by atoms with Gasteiger partial charge in [-0.05, 0) is 30.2 Å². The average Bonchev–Trinajstić information content (AvgIpc) is 2.42. The summed E-state index contributed by atoms with van der Waals surface area (Å²) in [4.78, 5) is 24.1. The monoisotopic (exact) mass is 328 g/mol. The van der Waals surface area contributed by atoms with Gasteiger partial charge in [-0.15, -0.1) is 0 Å². The van der Waals surface area contributed by atoms with E-state index in [2.05, 4.69) is 5.32 Å². The van der Waals surface area contributed by atoms with Crippen LogP contribution in [0, 0.1) is 5.92 Å². The Hall–Kier alpha value is -2.09. The van der Waals surface area contributed by atoms with Crippen LogP contribution < -0.4 is 14.8 Å². The highest BCUT2D eigenvalue weighted by Crippen LogP contribution is 2.12. The molecule has 7 nitrogen and oxygen atoms in total. The molecule has 8 heteroatoms. The Morgan fingerprint density at radius 2 is 1.68 bits per heavy atom. The minimum absolute atomic E-state index is 0.274. The van der Waals surface area contributed by atoms with Crippen LogP contribution in [0.2, 0.25) is 0 Å². The number of carbonyl (C=O) groups is 2. The minimum Gasteiger partial charge on any atom is -0.497 e. The predicted octanol–water partition coefficient (Wildman–Crippen LogP) is 0.525. The van der Waals surface area contributed by atoms with E-state index < -0.39 is 27.9 Å². The molecule has 0 bridgehead atoms. The molecule has 0 spiro atoms. The van der Waals surface area contributed by atoms with Crippen LogP contribution in [-0.2, 0) is 14.8 Å². The van der Waals surface area contributed by atoms with Crippen molar-refractivity contribution in [3.8, 4) is 5.75 Å². The predicted molar refractivity (Wildman–Crippen MR) is 82.1 cm³/mol. The second-order valence-corrected chi connectivity index (χ2v) is 6.91. The molecule has 2 N–H and O–H groups in total. The van der Waals surface area contributed by atoms with Crippen LogP contribution in [0.15, 0.2) is 24.3 Å². The average molecular weight is 328 g/mol. The molecule has 0 fully saturated rings. The van der Waals surface area contributed by atoms with Crippen LogP contribution in [0.3, 0.4) is 0 Å². The second kappa shape index (κ2) is 7.26. The highest BCUT2D eigenvalue weighted by molar-refractivity contribution is 7.89. The molecule has 0 heterocycles. The maximum Gasteiger partial charge on any atom is 0.256 e. The third-order valence-corrected chi connectivity index (χ3v) is 3.45. The third kappa shape index (κ3) is 5.36. The molecule has 2 amide bonds. The van der Waals surface area contributed by atoms with Gasteiger partial charge in [-0.25, -0.2) is 8.42 Å². The van der Waals surface area contributed by atoms with E-state index >= 15 is 0 Å². The lowest BCUT2D eigenvalue weighted by Gasteiger charge is -2.21. The van der Waals surface area contributed by atoms with Gasteiger partial charge < -0.3 is 10.1 Å². The van der Waals surface area contributed by atoms with Crippen LogP contribution in [0.4, 0.5) is 0 Å². The minimum atomic E-state index is -3.68. The summed E-state index contributed by atoms with van der Waals surface area (Å²) in [6.07, 6.45) is 0.883. The number of amides is 2. The Labute approximate surface area is 130 Å². The maximum absolute atomic E-state index is 12.1. The SMILES string of the molecule is COc1ccc(C(=O)NC(C(=O)NS(C)(=O)=O)C(C)C)cc1. The molecule has 0 aromatic heterocycles. The van der Waals surface area contributed by atoms with Gasteiger partial charge in [0.2, 0.25) is 10.0 Å². The molecule has 1 unspecified atom stereocenters. The first-order valence-corrected chi connectivity index (χ1v) is 8.49. The Morgan fingerprint density at radius 1 is 1.14 bits per heavy atom. The zero-order chi connectivity index (χ0) is 16.9. The third-order valence-electron chi connectivity index (χ3n) is 2.87. The van der Waals surface area contributed by atoms with Crippen molar-refractivity contribution in [2.24, 2.45) is 5.92 Å². The van der Waals surface area contributed by atoms with Gasteiger partial charge in [-0.2, -0.15) is 0 Å². The number of methoxy groups -OCH3 is 1. The normalized spacial score (nSPS) is 12.6. The van der Waals surface area contributed by atoms with Gasteiger partial charge in [-0.1, -0.05) is 13.8 Å². The van der Waals surface area contributed by atoms with Crippen LogP contribution in [0.25, 0.3) is 0 Å². The topological polar surface area (TPSA) is 102 Å².